The van der Waals surface area contributed by atoms with Crippen molar-refractivity contribution in [2.75, 3.05) is 24.6 Å². The quantitative estimate of drug-likeness (QED) is 0.391. The van der Waals surface area contributed by atoms with E-state index < -0.39 is 27.3 Å². The molecule has 4 unspecified atom stereocenters. The first-order chi connectivity index (χ1) is 21.1. The van der Waals surface area contributed by atoms with Crippen molar-refractivity contribution in [3.05, 3.63) is 70.3 Å². The normalized spacial score (nSPS) is 34.0. The lowest BCUT2D eigenvalue weighted by molar-refractivity contribution is 0.0455. The minimum absolute atomic E-state index is 0.132. The van der Waals surface area contributed by atoms with Gasteiger partial charge in [0.2, 0.25) is 10.0 Å². The van der Waals surface area contributed by atoms with E-state index in [1.54, 1.807) is 12.1 Å². The number of carbonyl (C=O) groups excluding carboxylic acids is 1. The van der Waals surface area contributed by atoms with Crippen LogP contribution in [0, 0.1) is 23.7 Å². The zero-order valence-corrected chi connectivity index (χ0v) is 27.0. The fourth-order valence-electron chi connectivity index (χ4n) is 8.15. The molecule has 2 aliphatic heterocycles. The zero-order chi connectivity index (χ0) is 30.6. The summed E-state index contributed by atoms with van der Waals surface area (Å²) >= 11 is 6.41. The number of allylic oxidation sites excluding steroid dienone is 1. The summed E-state index contributed by atoms with van der Waals surface area (Å²) < 4.78 is 36.4. The summed E-state index contributed by atoms with van der Waals surface area (Å²) in [5.41, 5.74) is 3.38. The molecule has 2 fully saturated rings. The number of aliphatic hydroxyl groups is 1. The summed E-state index contributed by atoms with van der Waals surface area (Å²) in [5, 5.41) is 11.3. The SMILES string of the molecule is CC1C/C=C/C(O)C2CCC2CN2C[C@@]3(CCCc4cc(Cl)ccc43)COc3ccc(cc32)C(=O)NS(=O)(=O)[C@H]1CC1CC1. The highest BCUT2D eigenvalue weighted by molar-refractivity contribution is 7.90. The van der Waals surface area contributed by atoms with Crippen molar-refractivity contribution in [1.29, 1.82) is 0 Å². The Kier molecular flexibility index (Phi) is 7.99. The summed E-state index contributed by atoms with van der Waals surface area (Å²) in [6.45, 7) is 3.87. The summed E-state index contributed by atoms with van der Waals surface area (Å²) in [6, 6.07) is 11.5. The second kappa shape index (κ2) is 11.7. The predicted molar refractivity (Wildman–Crippen MR) is 173 cm³/mol. The van der Waals surface area contributed by atoms with E-state index >= 15 is 0 Å². The first kappa shape index (κ1) is 30.1. The standard InChI is InChI=1S/C35H43ClN2O5S/c1-22-4-2-6-31(39)28-12-9-26(28)19-38-20-35(15-3-5-24-17-27(36)11-13-29(24)35)21-43-32-14-10-25(18-30(32)38)34(40)37-44(41,42)33(22)16-23-7-8-23/h2,6,10-11,13-14,17-18,22-23,26,28,31,33,39H,3-5,7-9,12,15-16,19-21H2,1H3,(H,37,40)/b6-2+/t22?,26?,28?,31?,33-,35-/m0/s1. The monoisotopic (exact) mass is 638 g/mol. The summed E-state index contributed by atoms with van der Waals surface area (Å²) in [4.78, 5) is 15.9. The maximum atomic E-state index is 13.7. The fraction of sp³-hybridized carbons (Fsp3) is 0.571. The van der Waals surface area contributed by atoms with Crippen molar-refractivity contribution in [2.24, 2.45) is 23.7 Å². The van der Waals surface area contributed by atoms with E-state index in [2.05, 4.69) is 21.8 Å². The number of ether oxygens (including phenoxy) is 1. The fourth-order valence-corrected chi connectivity index (χ4v) is 10.1. The number of benzene rings is 2. The van der Waals surface area contributed by atoms with E-state index in [-0.39, 0.29) is 23.2 Å². The zero-order valence-electron chi connectivity index (χ0n) is 25.4. The number of amides is 1. The van der Waals surface area contributed by atoms with Crippen molar-refractivity contribution in [3.63, 3.8) is 0 Å². The molecular formula is C35H43ClN2O5S. The van der Waals surface area contributed by atoms with Crippen LogP contribution in [0.15, 0.2) is 48.6 Å². The molecule has 7 nitrogen and oxygen atoms in total. The van der Waals surface area contributed by atoms with E-state index in [1.807, 2.05) is 31.2 Å². The molecule has 6 atom stereocenters. The third-order valence-corrected chi connectivity index (χ3v) is 13.2. The van der Waals surface area contributed by atoms with Crippen LogP contribution in [-0.2, 0) is 21.9 Å². The summed E-state index contributed by atoms with van der Waals surface area (Å²) in [6.07, 6.45) is 11.4. The van der Waals surface area contributed by atoms with Crippen molar-refractivity contribution < 1.29 is 23.1 Å². The van der Waals surface area contributed by atoms with Crippen molar-refractivity contribution >= 4 is 33.2 Å². The molecule has 0 radical (unpaired) electrons. The number of fused-ring (bicyclic) bond motifs is 4. The van der Waals surface area contributed by atoms with Crippen LogP contribution in [0.5, 0.6) is 5.75 Å². The van der Waals surface area contributed by atoms with Crippen LogP contribution in [0.25, 0.3) is 0 Å². The van der Waals surface area contributed by atoms with Crippen LogP contribution in [0.1, 0.15) is 79.8 Å². The average molecular weight is 639 g/mol. The second-order valence-corrected chi connectivity index (χ2v) is 16.4. The van der Waals surface area contributed by atoms with Crippen molar-refractivity contribution in [1.82, 2.24) is 4.72 Å². The van der Waals surface area contributed by atoms with E-state index in [0.29, 0.717) is 43.2 Å². The molecule has 3 aliphatic carbocycles. The van der Waals surface area contributed by atoms with Gasteiger partial charge in [0, 0.05) is 29.1 Å². The number of halogens is 1. The maximum absolute atomic E-state index is 13.7. The molecule has 2 N–H and O–H groups in total. The van der Waals surface area contributed by atoms with Gasteiger partial charge in [-0.1, -0.05) is 49.6 Å². The molecule has 1 amide bonds. The van der Waals surface area contributed by atoms with Gasteiger partial charge in [-0.3, -0.25) is 4.79 Å². The maximum Gasteiger partial charge on any atom is 0.264 e. The largest absolute Gasteiger partial charge is 0.490 e. The Labute approximate surface area is 266 Å². The van der Waals surface area contributed by atoms with Crippen LogP contribution in [0.4, 0.5) is 5.69 Å². The van der Waals surface area contributed by atoms with Gasteiger partial charge in [0.25, 0.3) is 5.91 Å². The molecule has 0 aromatic heterocycles. The predicted octanol–water partition coefficient (Wildman–Crippen LogP) is 6.02. The number of nitrogens with zero attached hydrogens (tertiary/aromatic N) is 1. The van der Waals surface area contributed by atoms with Gasteiger partial charge < -0.3 is 14.7 Å². The molecule has 2 aromatic rings. The molecule has 1 spiro atoms. The average Bonchev–Trinajstić information content (AvgIpc) is 3.81. The minimum Gasteiger partial charge on any atom is -0.490 e. The smallest absolute Gasteiger partial charge is 0.264 e. The van der Waals surface area contributed by atoms with Gasteiger partial charge in [-0.05, 0) is 110 Å². The summed E-state index contributed by atoms with van der Waals surface area (Å²) in [7, 11) is -3.93. The molecule has 236 valence electrons. The van der Waals surface area contributed by atoms with Gasteiger partial charge in [0.1, 0.15) is 5.75 Å². The molecule has 2 aromatic carbocycles. The molecule has 9 heteroatoms. The van der Waals surface area contributed by atoms with Crippen LogP contribution < -0.4 is 14.4 Å². The molecule has 2 saturated carbocycles. The van der Waals surface area contributed by atoms with E-state index in [4.69, 9.17) is 16.3 Å². The molecule has 5 aliphatic rings. The molecule has 0 saturated heterocycles. The Morgan fingerprint density at radius 3 is 2.75 bits per heavy atom. The Morgan fingerprint density at radius 2 is 1.98 bits per heavy atom. The highest BCUT2D eigenvalue weighted by Crippen LogP contribution is 2.47. The molecule has 44 heavy (non-hydrogen) atoms. The van der Waals surface area contributed by atoms with E-state index in [9.17, 15) is 18.3 Å². The third-order valence-electron chi connectivity index (χ3n) is 11.0. The number of rotatable bonds is 2. The van der Waals surface area contributed by atoms with E-state index in [0.717, 1.165) is 62.2 Å². The number of hydrogen-bond acceptors (Lipinski definition) is 6. The van der Waals surface area contributed by atoms with Crippen LogP contribution in [0.2, 0.25) is 5.02 Å². The lowest BCUT2D eigenvalue weighted by atomic mass is 9.68. The van der Waals surface area contributed by atoms with Gasteiger partial charge in [-0.25, -0.2) is 13.1 Å². The first-order valence-corrected chi connectivity index (χ1v) is 18.3. The lowest BCUT2D eigenvalue weighted by Crippen LogP contribution is -2.49. The number of hydrogen-bond donors (Lipinski definition) is 2. The van der Waals surface area contributed by atoms with Gasteiger partial charge in [0.05, 0.1) is 23.6 Å². The van der Waals surface area contributed by atoms with Crippen molar-refractivity contribution in [3.8, 4) is 5.75 Å². The Hall–Kier alpha value is -2.55. The lowest BCUT2D eigenvalue weighted by Gasteiger charge is -2.45. The van der Waals surface area contributed by atoms with Gasteiger partial charge in [-0.2, -0.15) is 0 Å². The number of carbonyl (C=O) groups is 1. The van der Waals surface area contributed by atoms with E-state index in [1.165, 1.54) is 11.1 Å². The number of sulfonamides is 1. The molecule has 7 rings (SSSR count). The number of aryl methyl sites for hydroxylation is 1. The second-order valence-electron chi connectivity index (χ2n) is 14.1. The third kappa shape index (κ3) is 5.78. The number of anilines is 1. The van der Waals surface area contributed by atoms with Gasteiger partial charge >= 0.3 is 0 Å². The molecule has 2 heterocycles. The highest BCUT2D eigenvalue weighted by Gasteiger charge is 2.44. The van der Waals surface area contributed by atoms with Crippen LogP contribution in [0.3, 0.4) is 0 Å². The Morgan fingerprint density at radius 1 is 1.14 bits per heavy atom. The highest BCUT2D eigenvalue weighted by atomic mass is 35.5. The van der Waals surface area contributed by atoms with Crippen LogP contribution in [-0.4, -0.2) is 50.5 Å². The first-order valence-electron chi connectivity index (χ1n) is 16.3. The number of nitrogens with one attached hydrogen (secondary N) is 1. The van der Waals surface area contributed by atoms with Gasteiger partial charge in [0.15, 0.2) is 0 Å². The number of aliphatic hydroxyl groups excluding tert-OH is 1. The molecular weight excluding hydrogens is 596 g/mol. The minimum atomic E-state index is -3.93. The van der Waals surface area contributed by atoms with Crippen molar-refractivity contribution in [2.45, 2.75) is 81.5 Å². The topological polar surface area (TPSA) is 95.9 Å². The Balaban J connectivity index is 1.28. The summed E-state index contributed by atoms with van der Waals surface area (Å²) in [5.74, 6) is 0.716. The Bertz CT molecular complexity index is 1570. The van der Waals surface area contributed by atoms with Crippen LogP contribution >= 0.6 is 11.6 Å². The molecule has 2 bridgehead atoms. The van der Waals surface area contributed by atoms with Gasteiger partial charge in [-0.15, -0.1) is 0 Å².